The Balaban J connectivity index is 2.00. The van der Waals surface area contributed by atoms with Gasteiger partial charge >= 0.3 is 0 Å². The third kappa shape index (κ3) is 3.24. The molecule has 0 spiro atoms. The second-order valence-corrected chi connectivity index (χ2v) is 4.94. The smallest absolute Gasteiger partial charge is 0.227 e. The molecule has 0 N–H and O–H groups in total. The third-order valence-corrected chi connectivity index (χ3v) is 3.56. The molecule has 1 heterocycles. The van der Waals surface area contributed by atoms with Gasteiger partial charge in [0, 0.05) is 12.4 Å². The van der Waals surface area contributed by atoms with Gasteiger partial charge in [-0.3, -0.25) is 4.79 Å². The maximum Gasteiger partial charge on any atom is 0.227 e. The standard InChI is InChI=1S/C14H18ClNO2/c1-11-2-4-12(5-3-11)8-14(17)16-6-7-18-10-13(16)9-15/h2-5,13H,6-10H2,1H3. The summed E-state index contributed by atoms with van der Waals surface area (Å²) in [7, 11) is 0. The molecular formula is C14H18ClNO2. The van der Waals surface area contributed by atoms with Crippen LogP contribution in [0.25, 0.3) is 0 Å². The number of alkyl halides is 1. The average Bonchev–Trinajstić information content (AvgIpc) is 2.41. The van der Waals surface area contributed by atoms with E-state index in [2.05, 4.69) is 0 Å². The van der Waals surface area contributed by atoms with E-state index in [1.165, 1.54) is 5.56 Å². The number of carbonyl (C=O) groups excluding carboxylic acids is 1. The monoisotopic (exact) mass is 267 g/mol. The fraction of sp³-hybridized carbons (Fsp3) is 0.500. The van der Waals surface area contributed by atoms with Gasteiger partial charge in [0.15, 0.2) is 0 Å². The van der Waals surface area contributed by atoms with Crippen LogP contribution in [0.15, 0.2) is 24.3 Å². The predicted octanol–water partition coefficient (Wildman–Crippen LogP) is 2.00. The Bertz CT molecular complexity index is 405. The SMILES string of the molecule is Cc1ccc(CC(=O)N2CCOCC2CCl)cc1. The largest absolute Gasteiger partial charge is 0.377 e. The van der Waals surface area contributed by atoms with Gasteiger partial charge < -0.3 is 9.64 Å². The van der Waals surface area contributed by atoms with E-state index in [9.17, 15) is 4.79 Å². The van der Waals surface area contributed by atoms with Gasteiger partial charge in [-0.1, -0.05) is 29.8 Å². The summed E-state index contributed by atoms with van der Waals surface area (Å²) >= 11 is 5.87. The summed E-state index contributed by atoms with van der Waals surface area (Å²) in [6.07, 6.45) is 0.438. The molecule has 18 heavy (non-hydrogen) atoms. The number of carbonyl (C=O) groups is 1. The Morgan fingerprint density at radius 3 is 2.83 bits per heavy atom. The zero-order valence-electron chi connectivity index (χ0n) is 10.6. The first kappa shape index (κ1) is 13.4. The molecule has 3 nitrogen and oxygen atoms in total. The molecule has 0 radical (unpaired) electrons. The number of ether oxygens (including phenoxy) is 1. The van der Waals surface area contributed by atoms with Crippen molar-refractivity contribution in [1.29, 1.82) is 0 Å². The Hall–Kier alpha value is -1.06. The lowest BCUT2D eigenvalue weighted by molar-refractivity contribution is -0.138. The fourth-order valence-corrected chi connectivity index (χ4v) is 2.35. The predicted molar refractivity (Wildman–Crippen MR) is 71.9 cm³/mol. The van der Waals surface area contributed by atoms with E-state index >= 15 is 0 Å². The molecule has 1 fully saturated rings. The normalized spacial score (nSPS) is 19.9. The van der Waals surface area contributed by atoms with Gasteiger partial charge in [-0.05, 0) is 12.5 Å². The first-order valence-electron chi connectivity index (χ1n) is 6.19. The zero-order chi connectivity index (χ0) is 13.0. The van der Waals surface area contributed by atoms with E-state index in [1.54, 1.807) is 0 Å². The molecule has 1 aliphatic heterocycles. The van der Waals surface area contributed by atoms with Crippen molar-refractivity contribution < 1.29 is 9.53 Å². The Morgan fingerprint density at radius 2 is 2.17 bits per heavy atom. The van der Waals surface area contributed by atoms with Gasteiger partial charge in [-0.25, -0.2) is 0 Å². The zero-order valence-corrected chi connectivity index (χ0v) is 11.3. The number of aryl methyl sites for hydroxylation is 1. The van der Waals surface area contributed by atoms with E-state index in [4.69, 9.17) is 16.3 Å². The minimum Gasteiger partial charge on any atom is -0.377 e. The molecule has 1 atom stereocenters. The minimum absolute atomic E-state index is 0.0124. The lowest BCUT2D eigenvalue weighted by Gasteiger charge is -2.34. The highest BCUT2D eigenvalue weighted by Crippen LogP contribution is 2.12. The summed E-state index contributed by atoms with van der Waals surface area (Å²) in [5.74, 6) is 0.562. The van der Waals surface area contributed by atoms with E-state index < -0.39 is 0 Å². The number of amides is 1. The maximum absolute atomic E-state index is 12.2. The van der Waals surface area contributed by atoms with Gasteiger partial charge in [-0.15, -0.1) is 11.6 Å². The molecule has 2 rings (SSSR count). The van der Waals surface area contributed by atoms with Crippen molar-refractivity contribution >= 4 is 17.5 Å². The van der Waals surface area contributed by atoms with Gasteiger partial charge in [-0.2, -0.15) is 0 Å². The number of hydrogen-bond acceptors (Lipinski definition) is 2. The number of morpholine rings is 1. The van der Waals surface area contributed by atoms with Gasteiger partial charge in [0.1, 0.15) is 0 Å². The summed E-state index contributed by atoms with van der Waals surface area (Å²) in [6.45, 7) is 3.83. The number of nitrogens with zero attached hydrogens (tertiary/aromatic N) is 1. The first-order valence-corrected chi connectivity index (χ1v) is 6.73. The van der Waals surface area contributed by atoms with E-state index in [0.29, 0.717) is 32.1 Å². The van der Waals surface area contributed by atoms with Gasteiger partial charge in [0.25, 0.3) is 0 Å². The molecule has 1 aromatic rings. The molecule has 1 amide bonds. The Labute approximate surface area is 113 Å². The molecule has 1 unspecified atom stereocenters. The summed E-state index contributed by atoms with van der Waals surface area (Å²) in [6, 6.07) is 8.08. The highest BCUT2D eigenvalue weighted by atomic mass is 35.5. The quantitative estimate of drug-likeness (QED) is 0.784. The van der Waals surface area contributed by atoms with Crippen molar-refractivity contribution in [2.24, 2.45) is 0 Å². The molecule has 98 valence electrons. The molecule has 0 aromatic heterocycles. The first-order chi connectivity index (χ1) is 8.70. The second-order valence-electron chi connectivity index (χ2n) is 4.63. The van der Waals surface area contributed by atoms with Crippen molar-refractivity contribution in [3.8, 4) is 0 Å². The highest BCUT2D eigenvalue weighted by Gasteiger charge is 2.26. The highest BCUT2D eigenvalue weighted by molar-refractivity contribution is 6.18. The van der Waals surface area contributed by atoms with E-state index in [0.717, 1.165) is 5.56 Å². The summed E-state index contributed by atoms with van der Waals surface area (Å²) in [5.41, 5.74) is 2.25. The van der Waals surface area contributed by atoms with Crippen LogP contribution in [-0.2, 0) is 16.0 Å². The average molecular weight is 268 g/mol. The molecule has 0 saturated carbocycles. The van der Waals surface area contributed by atoms with Crippen LogP contribution >= 0.6 is 11.6 Å². The second kappa shape index (κ2) is 6.21. The summed E-state index contributed by atoms with van der Waals surface area (Å²) < 4.78 is 5.34. The van der Waals surface area contributed by atoms with Crippen LogP contribution in [0.2, 0.25) is 0 Å². The number of rotatable bonds is 3. The van der Waals surface area contributed by atoms with Gasteiger partial charge in [0.2, 0.25) is 5.91 Å². The van der Waals surface area contributed by atoms with E-state index in [-0.39, 0.29) is 11.9 Å². The number of benzene rings is 1. The number of hydrogen-bond donors (Lipinski definition) is 0. The van der Waals surface area contributed by atoms with Gasteiger partial charge in [0.05, 0.1) is 25.7 Å². The van der Waals surface area contributed by atoms with Crippen LogP contribution in [0, 0.1) is 6.92 Å². The van der Waals surface area contributed by atoms with Crippen LogP contribution in [0.3, 0.4) is 0 Å². The molecule has 0 bridgehead atoms. The minimum atomic E-state index is 0.0124. The summed E-state index contributed by atoms with van der Waals surface area (Å²) in [4.78, 5) is 14.1. The topological polar surface area (TPSA) is 29.5 Å². The lowest BCUT2D eigenvalue weighted by Crippen LogP contribution is -2.50. The van der Waals surface area contributed by atoms with Crippen LogP contribution in [0.5, 0.6) is 0 Å². The maximum atomic E-state index is 12.2. The molecule has 0 aliphatic carbocycles. The van der Waals surface area contributed by atoms with Crippen molar-refractivity contribution in [2.45, 2.75) is 19.4 Å². The molecule has 1 saturated heterocycles. The molecular weight excluding hydrogens is 250 g/mol. The van der Waals surface area contributed by atoms with E-state index in [1.807, 2.05) is 36.1 Å². The fourth-order valence-electron chi connectivity index (χ4n) is 2.09. The number of halogens is 1. The van der Waals surface area contributed by atoms with Crippen LogP contribution < -0.4 is 0 Å². The van der Waals surface area contributed by atoms with Crippen LogP contribution in [0.4, 0.5) is 0 Å². The third-order valence-electron chi connectivity index (χ3n) is 3.20. The molecule has 1 aliphatic rings. The van der Waals surface area contributed by atoms with Crippen molar-refractivity contribution in [3.05, 3.63) is 35.4 Å². The van der Waals surface area contributed by atoms with Crippen molar-refractivity contribution in [2.75, 3.05) is 25.6 Å². The summed E-state index contributed by atoms with van der Waals surface area (Å²) in [5, 5.41) is 0. The van der Waals surface area contributed by atoms with Crippen molar-refractivity contribution in [3.63, 3.8) is 0 Å². The molecule has 1 aromatic carbocycles. The Morgan fingerprint density at radius 1 is 1.44 bits per heavy atom. The van der Waals surface area contributed by atoms with Crippen molar-refractivity contribution in [1.82, 2.24) is 4.90 Å². The Kier molecular flexibility index (Phi) is 4.61. The van der Waals surface area contributed by atoms with Crippen LogP contribution in [-0.4, -0.2) is 42.5 Å². The molecule has 4 heteroatoms. The lowest BCUT2D eigenvalue weighted by atomic mass is 10.1. The van der Waals surface area contributed by atoms with Crippen LogP contribution in [0.1, 0.15) is 11.1 Å².